The van der Waals surface area contributed by atoms with E-state index in [9.17, 15) is 8.42 Å². The van der Waals surface area contributed by atoms with E-state index in [1.807, 2.05) is 24.3 Å². The van der Waals surface area contributed by atoms with Gasteiger partial charge in [0.2, 0.25) is 10.0 Å². The maximum Gasteiger partial charge on any atom is 0.216 e. The van der Waals surface area contributed by atoms with Gasteiger partial charge in [-0.25, -0.2) is 13.1 Å². The average molecular weight is 335 g/mol. The molecule has 1 atom stereocenters. The number of sulfonamides is 1. The predicted molar refractivity (Wildman–Crippen MR) is 90.2 cm³/mol. The molecule has 23 heavy (non-hydrogen) atoms. The van der Waals surface area contributed by atoms with Crippen LogP contribution >= 0.6 is 0 Å². The minimum atomic E-state index is -3.44. The molecule has 2 aromatic rings. The molecule has 0 aromatic heterocycles. The molecule has 0 unspecified atom stereocenters. The van der Waals surface area contributed by atoms with Crippen LogP contribution in [0.3, 0.4) is 0 Å². The summed E-state index contributed by atoms with van der Waals surface area (Å²) in [4.78, 5) is 0. The van der Waals surface area contributed by atoms with E-state index in [-0.39, 0.29) is 11.8 Å². The van der Waals surface area contributed by atoms with Crippen molar-refractivity contribution in [1.29, 1.82) is 0 Å². The van der Waals surface area contributed by atoms with Crippen LogP contribution in [0.25, 0.3) is 0 Å². The first-order valence-electron chi connectivity index (χ1n) is 7.21. The van der Waals surface area contributed by atoms with Crippen LogP contribution in [0.1, 0.15) is 24.1 Å². The Morgan fingerprint density at radius 1 is 1.00 bits per heavy atom. The van der Waals surface area contributed by atoms with Gasteiger partial charge in [-0.05, 0) is 30.2 Å². The van der Waals surface area contributed by atoms with E-state index in [1.54, 1.807) is 45.4 Å². The molecule has 0 radical (unpaired) electrons. The predicted octanol–water partition coefficient (Wildman–Crippen LogP) is 2.88. The number of methoxy groups -OCH3 is 2. The summed E-state index contributed by atoms with van der Waals surface area (Å²) in [5.41, 5.74) is 1.55. The van der Waals surface area contributed by atoms with Gasteiger partial charge >= 0.3 is 0 Å². The molecule has 2 aromatic carbocycles. The van der Waals surface area contributed by atoms with Crippen molar-refractivity contribution in [1.82, 2.24) is 4.72 Å². The molecule has 0 aliphatic carbocycles. The number of hydrogen-bond acceptors (Lipinski definition) is 4. The van der Waals surface area contributed by atoms with Crippen molar-refractivity contribution >= 4 is 10.0 Å². The van der Waals surface area contributed by atoms with E-state index >= 15 is 0 Å². The van der Waals surface area contributed by atoms with Crippen LogP contribution in [0.4, 0.5) is 0 Å². The molecule has 1 N–H and O–H groups in total. The van der Waals surface area contributed by atoms with Crippen molar-refractivity contribution in [3.05, 3.63) is 59.7 Å². The third-order valence-electron chi connectivity index (χ3n) is 3.46. The summed E-state index contributed by atoms with van der Waals surface area (Å²) in [6, 6.07) is 14.1. The third kappa shape index (κ3) is 4.71. The van der Waals surface area contributed by atoms with Gasteiger partial charge in [-0.1, -0.05) is 36.4 Å². The van der Waals surface area contributed by atoms with Gasteiger partial charge in [-0.15, -0.1) is 0 Å². The van der Waals surface area contributed by atoms with Gasteiger partial charge in [-0.3, -0.25) is 0 Å². The molecular weight excluding hydrogens is 314 g/mol. The quantitative estimate of drug-likeness (QED) is 0.845. The van der Waals surface area contributed by atoms with E-state index in [2.05, 4.69) is 4.72 Å². The highest BCUT2D eigenvalue weighted by Gasteiger charge is 2.17. The molecule has 0 aliphatic rings. The first-order chi connectivity index (χ1) is 10.9. The fourth-order valence-electron chi connectivity index (χ4n) is 2.29. The largest absolute Gasteiger partial charge is 0.493 e. The van der Waals surface area contributed by atoms with Gasteiger partial charge in [0.15, 0.2) is 11.5 Å². The molecule has 6 heteroatoms. The van der Waals surface area contributed by atoms with Gasteiger partial charge in [0, 0.05) is 6.04 Å². The van der Waals surface area contributed by atoms with Gasteiger partial charge < -0.3 is 9.47 Å². The lowest BCUT2D eigenvalue weighted by Crippen LogP contribution is -2.28. The highest BCUT2D eigenvalue weighted by molar-refractivity contribution is 7.88. The van der Waals surface area contributed by atoms with Crippen molar-refractivity contribution in [2.75, 3.05) is 14.2 Å². The van der Waals surface area contributed by atoms with Crippen LogP contribution in [0, 0.1) is 0 Å². The molecule has 0 aliphatic heterocycles. The maximum atomic E-state index is 12.3. The zero-order chi connectivity index (χ0) is 16.9. The summed E-state index contributed by atoms with van der Waals surface area (Å²) >= 11 is 0. The van der Waals surface area contributed by atoms with E-state index in [0.29, 0.717) is 11.5 Å². The number of ether oxygens (including phenoxy) is 2. The average Bonchev–Trinajstić information content (AvgIpc) is 2.54. The first kappa shape index (κ1) is 17.3. The van der Waals surface area contributed by atoms with Crippen LogP contribution in [0.2, 0.25) is 0 Å². The first-order valence-corrected chi connectivity index (χ1v) is 8.86. The SMILES string of the molecule is COc1ccc([C@H](C)NS(=O)(=O)Cc2ccccc2)cc1OC. The van der Waals surface area contributed by atoms with Gasteiger partial charge in [0.1, 0.15) is 0 Å². The number of rotatable bonds is 7. The zero-order valence-electron chi connectivity index (χ0n) is 13.4. The molecular formula is C17H21NO4S. The summed E-state index contributed by atoms with van der Waals surface area (Å²) in [5, 5.41) is 0. The summed E-state index contributed by atoms with van der Waals surface area (Å²) in [5.74, 6) is 1.13. The van der Waals surface area contributed by atoms with Gasteiger partial charge in [0.05, 0.1) is 20.0 Å². The fraction of sp³-hybridized carbons (Fsp3) is 0.294. The highest BCUT2D eigenvalue weighted by Crippen LogP contribution is 2.30. The standard InChI is InChI=1S/C17H21NO4S/c1-13(15-9-10-16(21-2)17(11-15)22-3)18-23(19,20)12-14-7-5-4-6-8-14/h4-11,13,18H,12H2,1-3H3/t13-/m0/s1. The van der Waals surface area contributed by atoms with E-state index < -0.39 is 10.0 Å². The lowest BCUT2D eigenvalue weighted by Gasteiger charge is -2.16. The third-order valence-corrected chi connectivity index (χ3v) is 4.89. The van der Waals surface area contributed by atoms with Crippen molar-refractivity contribution in [3.8, 4) is 11.5 Å². The summed E-state index contributed by atoms with van der Waals surface area (Å²) < 4.78 is 37.7. The second-order valence-corrected chi connectivity index (χ2v) is 6.95. The van der Waals surface area contributed by atoms with Crippen LogP contribution in [-0.4, -0.2) is 22.6 Å². The smallest absolute Gasteiger partial charge is 0.216 e. The molecule has 0 saturated heterocycles. The topological polar surface area (TPSA) is 64.6 Å². The Labute approximate surface area is 137 Å². The van der Waals surface area contributed by atoms with Crippen LogP contribution in [0.15, 0.2) is 48.5 Å². The van der Waals surface area contributed by atoms with Crippen molar-refractivity contribution in [2.45, 2.75) is 18.7 Å². The van der Waals surface area contributed by atoms with E-state index in [4.69, 9.17) is 9.47 Å². The Morgan fingerprint density at radius 3 is 2.26 bits per heavy atom. The van der Waals surface area contributed by atoms with Crippen molar-refractivity contribution in [3.63, 3.8) is 0 Å². The monoisotopic (exact) mass is 335 g/mol. The van der Waals surface area contributed by atoms with Gasteiger partial charge in [0.25, 0.3) is 0 Å². The molecule has 2 rings (SSSR count). The number of nitrogens with one attached hydrogen (secondary N) is 1. The number of hydrogen-bond donors (Lipinski definition) is 1. The Hall–Kier alpha value is -2.05. The Morgan fingerprint density at radius 2 is 1.65 bits per heavy atom. The second kappa shape index (κ2) is 7.48. The molecule has 0 amide bonds. The molecule has 124 valence electrons. The Kier molecular flexibility index (Phi) is 5.63. The Balaban J connectivity index is 2.13. The molecule has 0 saturated carbocycles. The molecule has 5 nitrogen and oxygen atoms in total. The van der Waals surface area contributed by atoms with Crippen LogP contribution in [-0.2, 0) is 15.8 Å². The van der Waals surface area contributed by atoms with Crippen molar-refractivity contribution < 1.29 is 17.9 Å². The summed E-state index contributed by atoms with van der Waals surface area (Å²) in [6.45, 7) is 1.80. The fourth-order valence-corrected chi connectivity index (χ4v) is 3.68. The lowest BCUT2D eigenvalue weighted by molar-refractivity contribution is 0.354. The molecule has 0 fully saturated rings. The minimum Gasteiger partial charge on any atom is -0.493 e. The van der Waals surface area contributed by atoms with Crippen LogP contribution < -0.4 is 14.2 Å². The molecule has 0 spiro atoms. The molecule has 0 bridgehead atoms. The molecule has 0 heterocycles. The lowest BCUT2D eigenvalue weighted by atomic mass is 10.1. The van der Waals surface area contributed by atoms with E-state index in [1.165, 1.54) is 0 Å². The Bertz CT molecular complexity index is 744. The van der Waals surface area contributed by atoms with Gasteiger partial charge in [-0.2, -0.15) is 0 Å². The maximum absolute atomic E-state index is 12.3. The number of benzene rings is 2. The van der Waals surface area contributed by atoms with Crippen molar-refractivity contribution in [2.24, 2.45) is 0 Å². The normalized spacial score (nSPS) is 12.7. The van der Waals surface area contributed by atoms with E-state index in [0.717, 1.165) is 11.1 Å². The summed E-state index contributed by atoms with van der Waals surface area (Å²) in [6.07, 6.45) is 0. The zero-order valence-corrected chi connectivity index (χ0v) is 14.3. The highest BCUT2D eigenvalue weighted by atomic mass is 32.2. The second-order valence-electron chi connectivity index (χ2n) is 5.20. The van der Waals surface area contributed by atoms with Crippen LogP contribution in [0.5, 0.6) is 11.5 Å². The minimum absolute atomic E-state index is 0.0501. The summed E-state index contributed by atoms with van der Waals surface area (Å²) in [7, 11) is -0.333.